The van der Waals surface area contributed by atoms with Crippen LogP contribution in [-0.4, -0.2) is 40.3 Å². The Morgan fingerprint density at radius 1 is 1.06 bits per heavy atom. The molecule has 1 unspecified atom stereocenters. The number of para-hydroxylation sites is 1. The minimum Gasteiger partial charge on any atom is -0.481 e. The van der Waals surface area contributed by atoms with Crippen molar-refractivity contribution in [3.63, 3.8) is 0 Å². The van der Waals surface area contributed by atoms with E-state index in [1.54, 1.807) is 0 Å². The van der Waals surface area contributed by atoms with Gasteiger partial charge in [0.05, 0.1) is 0 Å². The van der Waals surface area contributed by atoms with Crippen LogP contribution in [0, 0.1) is 6.92 Å². The van der Waals surface area contributed by atoms with Gasteiger partial charge in [0.1, 0.15) is 5.60 Å². The van der Waals surface area contributed by atoms with Gasteiger partial charge < -0.3 is 25.5 Å². The number of aromatic nitrogens is 1. The summed E-state index contributed by atoms with van der Waals surface area (Å²) in [5.74, 6) is -0.834. The van der Waals surface area contributed by atoms with Crippen molar-refractivity contribution >= 4 is 23.0 Å². The smallest absolute Gasteiger partial charge is 0.407 e. The Morgan fingerprint density at radius 3 is 2.46 bits per heavy atom. The summed E-state index contributed by atoms with van der Waals surface area (Å²) in [5, 5.41) is 17.0. The minimum absolute atomic E-state index is 0.0430. The van der Waals surface area contributed by atoms with Crippen molar-refractivity contribution in [2.24, 2.45) is 0 Å². The highest BCUT2D eigenvalue weighted by Crippen LogP contribution is 2.28. The van der Waals surface area contributed by atoms with Gasteiger partial charge in [0.25, 0.3) is 0 Å². The molecular weight excluding hydrogens is 442 g/mol. The topological polar surface area (TPSA) is 103 Å². The number of ether oxygens (including phenoxy) is 1. The van der Waals surface area contributed by atoms with E-state index < -0.39 is 17.7 Å². The van der Waals surface area contributed by atoms with E-state index in [9.17, 15) is 14.7 Å². The first-order valence-electron chi connectivity index (χ1n) is 12.2. The maximum Gasteiger partial charge on any atom is 0.407 e. The number of fused-ring (bicyclic) bond motifs is 1. The van der Waals surface area contributed by atoms with E-state index in [1.165, 1.54) is 11.1 Å². The van der Waals surface area contributed by atoms with Gasteiger partial charge in [-0.15, -0.1) is 0 Å². The molecule has 0 aliphatic heterocycles. The monoisotopic (exact) mass is 479 g/mol. The van der Waals surface area contributed by atoms with Crippen molar-refractivity contribution in [3.05, 3.63) is 71.4 Å². The average molecular weight is 480 g/mol. The second-order valence-corrected chi connectivity index (χ2v) is 10.0. The van der Waals surface area contributed by atoms with E-state index in [0.29, 0.717) is 13.0 Å². The summed E-state index contributed by atoms with van der Waals surface area (Å²) in [6.07, 6.45) is 3.56. The number of hydrogen-bond donors (Lipinski definition) is 4. The Hall–Kier alpha value is -3.32. The van der Waals surface area contributed by atoms with Gasteiger partial charge in [-0.1, -0.05) is 48.0 Å². The molecule has 0 saturated heterocycles. The maximum absolute atomic E-state index is 12.3. The minimum atomic E-state index is -0.834. The number of carbonyl (C=O) groups is 2. The molecule has 1 aromatic heterocycles. The van der Waals surface area contributed by atoms with Crippen LogP contribution in [0.2, 0.25) is 0 Å². The molecule has 7 nitrogen and oxygen atoms in total. The molecule has 0 bridgehead atoms. The van der Waals surface area contributed by atoms with Gasteiger partial charge in [-0.2, -0.15) is 0 Å². The van der Waals surface area contributed by atoms with Gasteiger partial charge in [-0.3, -0.25) is 4.79 Å². The molecule has 3 aromatic rings. The number of carboxylic acids is 1. The van der Waals surface area contributed by atoms with Gasteiger partial charge in [0.2, 0.25) is 0 Å². The van der Waals surface area contributed by atoms with E-state index in [0.717, 1.165) is 29.3 Å². The number of alkyl carbamates (subject to hydrolysis) is 1. The van der Waals surface area contributed by atoms with Crippen LogP contribution in [0.1, 0.15) is 62.8 Å². The predicted molar refractivity (Wildman–Crippen MR) is 139 cm³/mol. The number of hydrogen-bond acceptors (Lipinski definition) is 4. The van der Waals surface area contributed by atoms with Crippen LogP contribution in [0.5, 0.6) is 0 Å². The lowest BCUT2D eigenvalue weighted by molar-refractivity contribution is -0.137. The van der Waals surface area contributed by atoms with Crippen molar-refractivity contribution in [1.82, 2.24) is 15.6 Å². The van der Waals surface area contributed by atoms with E-state index in [-0.39, 0.29) is 18.5 Å². The molecule has 1 heterocycles. The van der Waals surface area contributed by atoms with E-state index in [4.69, 9.17) is 4.74 Å². The van der Waals surface area contributed by atoms with Crippen LogP contribution in [0.4, 0.5) is 4.79 Å². The van der Waals surface area contributed by atoms with Crippen molar-refractivity contribution in [2.45, 2.75) is 71.1 Å². The van der Waals surface area contributed by atoms with Gasteiger partial charge in [-0.05, 0) is 64.2 Å². The molecular formula is C28H37N3O4. The lowest BCUT2D eigenvalue weighted by Gasteiger charge is -2.27. The van der Waals surface area contributed by atoms with Crippen molar-refractivity contribution in [3.8, 4) is 0 Å². The number of aliphatic carboxylic acids is 1. The molecule has 0 radical (unpaired) electrons. The van der Waals surface area contributed by atoms with Gasteiger partial charge in [0, 0.05) is 42.1 Å². The third-order valence-electron chi connectivity index (χ3n) is 5.87. The molecule has 2 atom stereocenters. The Bertz CT molecular complexity index is 1120. The van der Waals surface area contributed by atoms with E-state index >= 15 is 0 Å². The van der Waals surface area contributed by atoms with Crippen molar-refractivity contribution in [2.75, 3.05) is 6.54 Å². The fourth-order valence-electron chi connectivity index (χ4n) is 4.12. The Labute approximate surface area is 207 Å². The highest BCUT2D eigenvalue weighted by atomic mass is 16.6. The maximum atomic E-state index is 12.3. The first-order valence-corrected chi connectivity index (χ1v) is 12.2. The third kappa shape index (κ3) is 8.44. The Kier molecular flexibility index (Phi) is 8.93. The number of aryl methyl sites for hydroxylation is 2. The summed E-state index contributed by atoms with van der Waals surface area (Å²) in [6, 6.07) is 16.1. The molecule has 0 fully saturated rings. The van der Waals surface area contributed by atoms with Crippen LogP contribution in [0.25, 0.3) is 10.9 Å². The van der Waals surface area contributed by atoms with Gasteiger partial charge in [-0.25, -0.2) is 4.79 Å². The summed E-state index contributed by atoms with van der Waals surface area (Å²) >= 11 is 0. The summed E-state index contributed by atoms with van der Waals surface area (Å²) in [7, 11) is 0. The summed E-state index contributed by atoms with van der Waals surface area (Å²) in [4.78, 5) is 27.0. The average Bonchev–Trinajstić information content (AvgIpc) is 3.22. The highest BCUT2D eigenvalue weighted by Gasteiger charge is 2.23. The van der Waals surface area contributed by atoms with Gasteiger partial charge in [0.15, 0.2) is 0 Å². The molecule has 188 valence electrons. The second kappa shape index (κ2) is 11.9. The largest absolute Gasteiger partial charge is 0.481 e. The zero-order valence-corrected chi connectivity index (χ0v) is 21.1. The Balaban J connectivity index is 1.79. The van der Waals surface area contributed by atoms with E-state index in [1.807, 2.05) is 51.2 Å². The third-order valence-corrected chi connectivity index (χ3v) is 5.87. The zero-order valence-electron chi connectivity index (χ0n) is 21.1. The van der Waals surface area contributed by atoms with Crippen LogP contribution < -0.4 is 10.6 Å². The van der Waals surface area contributed by atoms with Crippen molar-refractivity contribution in [1.29, 1.82) is 0 Å². The number of aromatic amines is 1. The van der Waals surface area contributed by atoms with Crippen LogP contribution >= 0.6 is 0 Å². The molecule has 2 aromatic carbocycles. The lowest BCUT2D eigenvalue weighted by Crippen LogP contribution is -2.44. The molecule has 0 aliphatic rings. The predicted octanol–water partition coefficient (Wildman–Crippen LogP) is 5.50. The van der Waals surface area contributed by atoms with Crippen LogP contribution in [0.3, 0.4) is 0 Å². The Morgan fingerprint density at radius 2 is 1.77 bits per heavy atom. The number of carbonyl (C=O) groups excluding carboxylic acids is 1. The summed E-state index contributed by atoms with van der Waals surface area (Å²) < 4.78 is 5.42. The molecule has 35 heavy (non-hydrogen) atoms. The van der Waals surface area contributed by atoms with Crippen molar-refractivity contribution < 1.29 is 19.4 Å². The molecule has 4 N–H and O–H groups in total. The standard InChI is InChI=1S/C28H37N3O4/c1-19-9-11-20(12-10-19)13-14-21(17-30-27(34)35-28(2,3)4)31-25(15-16-26(32)33)23-18-29-24-8-6-5-7-22(23)24/h5-12,18,21,25,29,31H,13-17H2,1-4H3,(H,30,34)(H,32,33)/t21?,25-/m1/s1. The fraction of sp³-hybridized carbons (Fsp3) is 0.429. The number of nitrogens with one attached hydrogen (secondary N) is 3. The summed E-state index contributed by atoms with van der Waals surface area (Å²) in [5.41, 5.74) is 3.88. The lowest BCUT2D eigenvalue weighted by atomic mass is 9.98. The quantitative estimate of drug-likeness (QED) is 0.291. The van der Waals surface area contributed by atoms with Crippen LogP contribution in [-0.2, 0) is 16.0 Å². The van der Waals surface area contributed by atoms with Crippen LogP contribution in [0.15, 0.2) is 54.7 Å². The van der Waals surface area contributed by atoms with E-state index in [2.05, 4.69) is 46.8 Å². The van der Waals surface area contributed by atoms with Gasteiger partial charge >= 0.3 is 12.1 Å². The molecule has 0 saturated carbocycles. The SMILES string of the molecule is Cc1ccc(CCC(CNC(=O)OC(C)(C)C)N[C@H](CCC(=O)O)c2c[nH]c3ccccc23)cc1. The normalized spacial score (nSPS) is 13.4. The molecule has 0 spiro atoms. The number of carboxylic acid groups (broad SMARTS) is 1. The number of rotatable bonds is 11. The number of benzene rings is 2. The highest BCUT2D eigenvalue weighted by molar-refractivity contribution is 5.83. The molecule has 0 aliphatic carbocycles. The fourth-order valence-corrected chi connectivity index (χ4v) is 4.12. The number of H-pyrrole nitrogens is 1. The molecule has 1 amide bonds. The first kappa shape index (κ1) is 26.3. The first-order chi connectivity index (χ1) is 16.6. The zero-order chi connectivity index (χ0) is 25.4. The molecule has 3 rings (SSSR count). The second-order valence-electron chi connectivity index (χ2n) is 10.0. The number of amides is 1. The summed E-state index contributed by atoms with van der Waals surface area (Å²) in [6.45, 7) is 7.93. The molecule has 7 heteroatoms.